The molecule has 0 bridgehead atoms. The zero-order valence-electron chi connectivity index (χ0n) is 6.31. The minimum absolute atomic E-state index is 0.00880. The molecule has 0 aliphatic rings. The number of hydrogen-bond acceptors (Lipinski definition) is 2. The van der Waals surface area contributed by atoms with Crippen LogP contribution >= 0.6 is 0 Å². The van der Waals surface area contributed by atoms with E-state index in [0.717, 1.165) is 5.57 Å². The summed E-state index contributed by atoms with van der Waals surface area (Å²) in [6.07, 6.45) is 0.396. The van der Waals surface area contributed by atoms with Crippen LogP contribution in [0.5, 0.6) is 0 Å². The highest BCUT2D eigenvalue weighted by Gasteiger charge is 1.96. The van der Waals surface area contributed by atoms with Crippen LogP contribution in [0.3, 0.4) is 0 Å². The Morgan fingerprint density at radius 3 is 2.70 bits per heavy atom. The van der Waals surface area contributed by atoms with Crippen LogP contribution in [0.4, 0.5) is 0 Å². The molecule has 0 rings (SSSR count). The highest BCUT2D eigenvalue weighted by atomic mass is 16.1. The molecule has 3 N–H and O–H groups in total. The standard InChI is InChI=1S/C7H14N2O/c1-6(2)5-9-7(10)3-4-8/h1,3-5,8H2,2H3,(H,9,10). The molecular weight excluding hydrogens is 128 g/mol. The molecule has 1 amide bonds. The fraction of sp³-hybridized carbons (Fsp3) is 0.571. The minimum atomic E-state index is -0.00880. The molecule has 58 valence electrons. The Morgan fingerprint density at radius 2 is 2.30 bits per heavy atom. The Labute approximate surface area is 61.3 Å². The zero-order valence-corrected chi connectivity index (χ0v) is 6.31. The van der Waals surface area contributed by atoms with Crippen molar-refractivity contribution in [3.63, 3.8) is 0 Å². The van der Waals surface area contributed by atoms with Gasteiger partial charge >= 0.3 is 0 Å². The largest absolute Gasteiger partial charge is 0.352 e. The van der Waals surface area contributed by atoms with Gasteiger partial charge in [0, 0.05) is 19.5 Å². The molecule has 0 aromatic carbocycles. The lowest BCUT2D eigenvalue weighted by atomic mass is 10.3. The van der Waals surface area contributed by atoms with Gasteiger partial charge in [0.15, 0.2) is 0 Å². The van der Waals surface area contributed by atoms with Gasteiger partial charge < -0.3 is 11.1 Å². The van der Waals surface area contributed by atoms with Gasteiger partial charge in [-0.3, -0.25) is 4.79 Å². The first-order valence-corrected chi connectivity index (χ1v) is 3.28. The van der Waals surface area contributed by atoms with E-state index in [-0.39, 0.29) is 5.91 Å². The smallest absolute Gasteiger partial charge is 0.221 e. The van der Waals surface area contributed by atoms with Crippen molar-refractivity contribution in [2.75, 3.05) is 13.1 Å². The molecule has 3 nitrogen and oxygen atoms in total. The Hall–Kier alpha value is -0.830. The van der Waals surface area contributed by atoms with E-state index in [1.54, 1.807) is 0 Å². The SMILES string of the molecule is C=C(C)CNC(=O)CCN. The fourth-order valence-corrected chi connectivity index (χ4v) is 0.469. The van der Waals surface area contributed by atoms with Gasteiger partial charge in [-0.05, 0) is 6.92 Å². The molecule has 0 saturated carbocycles. The molecular formula is C7H14N2O. The van der Waals surface area contributed by atoms with E-state index in [9.17, 15) is 4.79 Å². The van der Waals surface area contributed by atoms with Crippen LogP contribution in [0.25, 0.3) is 0 Å². The number of carbonyl (C=O) groups is 1. The van der Waals surface area contributed by atoms with Crippen LogP contribution in [0.1, 0.15) is 13.3 Å². The quantitative estimate of drug-likeness (QED) is 0.544. The van der Waals surface area contributed by atoms with Gasteiger partial charge in [0.25, 0.3) is 0 Å². The molecule has 0 radical (unpaired) electrons. The number of rotatable bonds is 4. The van der Waals surface area contributed by atoms with Gasteiger partial charge in [0.05, 0.1) is 0 Å². The van der Waals surface area contributed by atoms with Crippen molar-refractivity contribution in [3.8, 4) is 0 Å². The number of amides is 1. The van der Waals surface area contributed by atoms with Gasteiger partial charge in [-0.25, -0.2) is 0 Å². The Balaban J connectivity index is 3.30. The van der Waals surface area contributed by atoms with Gasteiger partial charge in [-0.2, -0.15) is 0 Å². The van der Waals surface area contributed by atoms with Crippen molar-refractivity contribution >= 4 is 5.91 Å². The summed E-state index contributed by atoms with van der Waals surface area (Å²) in [5.74, 6) is -0.00880. The first kappa shape index (κ1) is 9.17. The predicted molar refractivity (Wildman–Crippen MR) is 41.5 cm³/mol. The summed E-state index contributed by atoms with van der Waals surface area (Å²) in [6.45, 7) is 6.46. The molecule has 0 unspecified atom stereocenters. The number of carbonyl (C=O) groups excluding carboxylic acids is 1. The first-order valence-electron chi connectivity index (χ1n) is 3.28. The van der Waals surface area contributed by atoms with E-state index < -0.39 is 0 Å². The molecule has 0 fully saturated rings. The van der Waals surface area contributed by atoms with Crippen molar-refractivity contribution in [3.05, 3.63) is 12.2 Å². The van der Waals surface area contributed by atoms with Crippen molar-refractivity contribution in [2.24, 2.45) is 5.73 Å². The summed E-state index contributed by atoms with van der Waals surface area (Å²) < 4.78 is 0. The van der Waals surface area contributed by atoms with Crippen LogP contribution in [0.2, 0.25) is 0 Å². The lowest BCUT2D eigenvalue weighted by Gasteiger charge is -2.01. The van der Waals surface area contributed by atoms with Crippen molar-refractivity contribution in [1.82, 2.24) is 5.32 Å². The molecule has 0 atom stereocenters. The van der Waals surface area contributed by atoms with Gasteiger partial charge in [-0.1, -0.05) is 12.2 Å². The van der Waals surface area contributed by atoms with Crippen molar-refractivity contribution < 1.29 is 4.79 Å². The summed E-state index contributed by atoms with van der Waals surface area (Å²) >= 11 is 0. The second-order valence-electron chi connectivity index (χ2n) is 2.27. The summed E-state index contributed by atoms with van der Waals surface area (Å²) in [6, 6.07) is 0. The summed E-state index contributed by atoms with van der Waals surface area (Å²) in [5, 5.41) is 2.66. The van der Waals surface area contributed by atoms with E-state index in [1.807, 2.05) is 6.92 Å². The van der Waals surface area contributed by atoms with Gasteiger partial charge in [-0.15, -0.1) is 0 Å². The summed E-state index contributed by atoms with van der Waals surface area (Å²) in [5.41, 5.74) is 6.10. The molecule has 0 aliphatic heterocycles. The molecule has 3 heteroatoms. The Kier molecular flexibility index (Phi) is 4.58. The second-order valence-corrected chi connectivity index (χ2v) is 2.27. The van der Waals surface area contributed by atoms with Gasteiger partial charge in [0.2, 0.25) is 5.91 Å². The summed E-state index contributed by atoms with van der Waals surface area (Å²) in [4.78, 5) is 10.7. The number of nitrogens with two attached hydrogens (primary N) is 1. The Morgan fingerprint density at radius 1 is 1.70 bits per heavy atom. The van der Waals surface area contributed by atoms with Crippen molar-refractivity contribution in [1.29, 1.82) is 0 Å². The minimum Gasteiger partial charge on any atom is -0.352 e. The highest BCUT2D eigenvalue weighted by molar-refractivity contribution is 5.76. The second kappa shape index (κ2) is 4.99. The monoisotopic (exact) mass is 142 g/mol. The maximum absolute atomic E-state index is 10.7. The van der Waals surface area contributed by atoms with Crippen LogP contribution in [-0.2, 0) is 4.79 Å². The van der Waals surface area contributed by atoms with Crippen molar-refractivity contribution in [2.45, 2.75) is 13.3 Å². The highest BCUT2D eigenvalue weighted by Crippen LogP contribution is 1.82. The topological polar surface area (TPSA) is 55.1 Å². The lowest BCUT2D eigenvalue weighted by Crippen LogP contribution is -2.26. The maximum Gasteiger partial charge on any atom is 0.221 e. The third kappa shape index (κ3) is 5.31. The molecule has 0 saturated heterocycles. The maximum atomic E-state index is 10.7. The normalized spacial score (nSPS) is 9.00. The molecule has 10 heavy (non-hydrogen) atoms. The van der Waals surface area contributed by atoms with E-state index in [0.29, 0.717) is 19.5 Å². The average molecular weight is 142 g/mol. The molecule has 0 spiro atoms. The van der Waals surface area contributed by atoms with E-state index in [4.69, 9.17) is 5.73 Å². The molecule has 0 aliphatic carbocycles. The summed E-state index contributed by atoms with van der Waals surface area (Å²) in [7, 11) is 0. The van der Waals surface area contributed by atoms with E-state index in [2.05, 4.69) is 11.9 Å². The van der Waals surface area contributed by atoms with E-state index >= 15 is 0 Å². The van der Waals surface area contributed by atoms with Gasteiger partial charge in [0.1, 0.15) is 0 Å². The van der Waals surface area contributed by atoms with E-state index in [1.165, 1.54) is 0 Å². The fourth-order valence-electron chi connectivity index (χ4n) is 0.469. The third-order valence-corrected chi connectivity index (χ3v) is 0.959. The average Bonchev–Trinajstić information content (AvgIpc) is 1.85. The molecule has 0 aromatic rings. The third-order valence-electron chi connectivity index (χ3n) is 0.959. The van der Waals surface area contributed by atoms with Crippen LogP contribution in [-0.4, -0.2) is 19.0 Å². The zero-order chi connectivity index (χ0) is 7.98. The predicted octanol–water partition coefficient (Wildman–Crippen LogP) is 0.0275. The van der Waals surface area contributed by atoms with Crippen LogP contribution in [0, 0.1) is 0 Å². The number of nitrogens with one attached hydrogen (secondary N) is 1. The lowest BCUT2D eigenvalue weighted by molar-refractivity contribution is -0.120. The number of hydrogen-bond donors (Lipinski definition) is 2. The molecule has 0 heterocycles. The van der Waals surface area contributed by atoms with Crippen LogP contribution in [0.15, 0.2) is 12.2 Å². The first-order chi connectivity index (χ1) is 4.66. The van der Waals surface area contributed by atoms with Crippen LogP contribution < -0.4 is 11.1 Å². The Bertz CT molecular complexity index is 132. The molecule has 0 aromatic heterocycles.